The molecule has 1 aromatic rings. The van der Waals surface area contributed by atoms with Crippen LogP contribution in [0.15, 0.2) is 36.2 Å². The molecule has 1 fully saturated rings. The van der Waals surface area contributed by atoms with E-state index in [0.29, 0.717) is 0 Å². The molecular formula is C14H19N3O2. The van der Waals surface area contributed by atoms with Crippen LogP contribution in [-0.4, -0.2) is 13.1 Å². The van der Waals surface area contributed by atoms with Crippen molar-refractivity contribution in [2.24, 2.45) is 5.41 Å². The largest absolute Gasteiger partial charge is 0.497 e. The summed E-state index contributed by atoms with van der Waals surface area (Å²) in [6.07, 6.45) is 2.01. The van der Waals surface area contributed by atoms with Gasteiger partial charge in [0.05, 0.1) is 12.8 Å². The molecule has 5 nitrogen and oxygen atoms in total. The Morgan fingerprint density at radius 1 is 1.16 bits per heavy atom. The highest BCUT2D eigenvalue weighted by atomic mass is 16.5. The minimum Gasteiger partial charge on any atom is -0.497 e. The molecule has 0 bridgehead atoms. The first-order valence-electron chi connectivity index (χ1n) is 6.14. The van der Waals surface area contributed by atoms with Gasteiger partial charge in [-0.25, -0.2) is 15.1 Å². The number of rotatable bonds is 2. The molecule has 1 aliphatic heterocycles. The third-order valence-corrected chi connectivity index (χ3v) is 2.64. The van der Waals surface area contributed by atoms with E-state index in [1.54, 1.807) is 12.0 Å². The number of carbonyl (C=O) groups is 1. The van der Waals surface area contributed by atoms with Gasteiger partial charge in [-0.2, -0.15) is 0 Å². The third kappa shape index (κ3) is 2.99. The molecule has 0 aliphatic carbocycles. The maximum atomic E-state index is 11.9. The fraction of sp³-hybridized carbons (Fsp3) is 0.357. The normalized spacial score (nSPS) is 17.4. The second kappa shape index (κ2) is 4.84. The van der Waals surface area contributed by atoms with Crippen LogP contribution >= 0.6 is 0 Å². The van der Waals surface area contributed by atoms with E-state index in [4.69, 9.17) is 4.74 Å². The van der Waals surface area contributed by atoms with E-state index in [2.05, 4.69) is 31.6 Å². The second-order valence-corrected chi connectivity index (χ2v) is 5.48. The molecule has 0 radical (unpaired) electrons. The van der Waals surface area contributed by atoms with Gasteiger partial charge in [-0.1, -0.05) is 20.8 Å². The van der Waals surface area contributed by atoms with Crippen LogP contribution < -0.4 is 20.5 Å². The molecule has 2 rings (SSSR count). The number of hydrogen-bond donors (Lipinski definition) is 2. The fourth-order valence-electron chi connectivity index (χ4n) is 1.84. The summed E-state index contributed by atoms with van der Waals surface area (Å²) in [7, 11) is 1.62. The Labute approximate surface area is 113 Å². The molecule has 0 unspecified atom stereocenters. The molecule has 102 valence electrons. The summed E-state index contributed by atoms with van der Waals surface area (Å²) in [5.74, 6) is 1.50. The lowest BCUT2D eigenvalue weighted by atomic mass is 9.96. The molecule has 0 saturated carbocycles. The number of ether oxygens (including phenoxy) is 1. The molecule has 0 atom stereocenters. The standard InChI is InChI=1S/C14H19N3O2/c1-14(2,3)9-12-15-16-13(18)17(12)10-5-7-11(19-4)8-6-10/h5-9,15H,1-4H3,(H,16,18)/b12-9+. The van der Waals surface area contributed by atoms with Gasteiger partial charge in [0.25, 0.3) is 0 Å². The molecule has 1 aliphatic rings. The molecular weight excluding hydrogens is 242 g/mol. The smallest absolute Gasteiger partial charge is 0.346 e. The number of amides is 2. The first kappa shape index (κ1) is 13.3. The van der Waals surface area contributed by atoms with Crippen molar-refractivity contribution in [1.82, 2.24) is 10.9 Å². The average Bonchev–Trinajstić information content (AvgIpc) is 2.68. The van der Waals surface area contributed by atoms with Crippen LogP contribution in [0.2, 0.25) is 0 Å². The topological polar surface area (TPSA) is 53.6 Å². The monoisotopic (exact) mass is 261 g/mol. The van der Waals surface area contributed by atoms with Crippen molar-refractivity contribution in [2.75, 3.05) is 12.0 Å². The molecule has 5 heteroatoms. The van der Waals surface area contributed by atoms with E-state index in [0.717, 1.165) is 17.3 Å². The van der Waals surface area contributed by atoms with Crippen molar-refractivity contribution >= 4 is 11.7 Å². The van der Waals surface area contributed by atoms with Gasteiger partial charge in [0.15, 0.2) is 0 Å². The molecule has 2 N–H and O–H groups in total. The fourth-order valence-corrected chi connectivity index (χ4v) is 1.84. The lowest BCUT2D eigenvalue weighted by Gasteiger charge is -2.19. The first-order valence-corrected chi connectivity index (χ1v) is 6.14. The van der Waals surface area contributed by atoms with Gasteiger partial charge in [-0.05, 0) is 35.8 Å². The summed E-state index contributed by atoms with van der Waals surface area (Å²) in [6.45, 7) is 6.24. The quantitative estimate of drug-likeness (QED) is 0.860. The Morgan fingerprint density at radius 2 is 1.79 bits per heavy atom. The molecule has 2 amide bonds. The van der Waals surface area contributed by atoms with Crippen molar-refractivity contribution in [3.05, 3.63) is 36.2 Å². The molecule has 19 heavy (non-hydrogen) atoms. The molecule has 1 aromatic carbocycles. The van der Waals surface area contributed by atoms with E-state index in [1.807, 2.05) is 30.3 Å². The van der Waals surface area contributed by atoms with Crippen molar-refractivity contribution in [3.8, 4) is 5.75 Å². The molecule has 0 aromatic heterocycles. The number of nitrogens with one attached hydrogen (secondary N) is 2. The van der Waals surface area contributed by atoms with E-state index >= 15 is 0 Å². The number of nitrogens with zero attached hydrogens (tertiary/aromatic N) is 1. The highest BCUT2D eigenvalue weighted by molar-refractivity contribution is 5.97. The molecule has 0 spiro atoms. The Kier molecular flexibility index (Phi) is 3.38. The van der Waals surface area contributed by atoms with Gasteiger partial charge in [-0.15, -0.1) is 0 Å². The lowest BCUT2D eigenvalue weighted by Crippen LogP contribution is -2.28. The number of hydrazine groups is 1. The van der Waals surface area contributed by atoms with Crippen molar-refractivity contribution < 1.29 is 9.53 Å². The number of urea groups is 1. The number of benzene rings is 1. The predicted molar refractivity (Wildman–Crippen MR) is 74.7 cm³/mol. The van der Waals surface area contributed by atoms with E-state index in [1.165, 1.54) is 0 Å². The van der Waals surface area contributed by atoms with Gasteiger partial charge in [0.1, 0.15) is 11.6 Å². The van der Waals surface area contributed by atoms with Gasteiger partial charge in [0, 0.05) is 0 Å². The minimum absolute atomic E-state index is 0.0284. The van der Waals surface area contributed by atoms with E-state index < -0.39 is 0 Å². The van der Waals surface area contributed by atoms with Gasteiger partial charge < -0.3 is 4.74 Å². The van der Waals surface area contributed by atoms with Crippen molar-refractivity contribution in [1.29, 1.82) is 0 Å². The van der Waals surface area contributed by atoms with Crippen molar-refractivity contribution in [2.45, 2.75) is 20.8 Å². The summed E-state index contributed by atoms with van der Waals surface area (Å²) in [5, 5.41) is 0. The summed E-state index contributed by atoms with van der Waals surface area (Å²) in [6, 6.07) is 7.16. The highest BCUT2D eigenvalue weighted by Gasteiger charge is 2.28. The zero-order valence-corrected chi connectivity index (χ0v) is 11.7. The summed E-state index contributed by atoms with van der Waals surface area (Å²) in [4.78, 5) is 13.5. The second-order valence-electron chi connectivity index (χ2n) is 5.48. The Morgan fingerprint density at radius 3 is 2.32 bits per heavy atom. The zero-order valence-electron chi connectivity index (χ0n) is 11.7. The summed E-state index contributed by atoms with van der Waals surface area (Å²) in [5.41, 5.74) is 6.27. The number of carbonyl (C=O) groups excluding carboxylic acids is 1. The number of allylic oxidation sites excluding steroid dienone is 1. The number of hydrogen-bond acceptors (Lipinski definition) is 3. The van der Waals surface area contributed by atoms with Crippen molar-refractivity contribution in [3.63, 3.8) is 0 Å². The van der Waals surface area contributed by atoms with Crippen LogP contribution in [0.5, 0.6) is 5.75 Å². The SMILES string of the molecule is COc1ccc(N2C(=O)NN/C2=C\C(C)(C)C)cc1. The third-order valence-electron chi connectivity index (χ3n) is 2.64. The van der Waals surface area contributed by atoms with Crippen LogP contribution in [0.3, 0.4) is 0 Å². The highest BCUT2D eigenvalue weighted by Crippen LogP contribution is 2.26. The molecule has 1 heterocycles. The summed E-state index contributed by atoms with van der Waals surface area (Å²) >= 11 is 0. The Balaban J connectivity index is 2.33. The first-order chi connectivity index (χ1) is 8.90. The van der Waals surface area contributed by atoms with Crippen LogP contribution in [-0.2, 0) is 0 Å². The van der Waals surface area contributed by atoms with Crippen LogP contribution in [0, 0.1) is 5.41 Å². The Hall–Kier alpha value is -2.17. The average molecular weight is 261 g/mol. The number of anilines is 1. The predicted octanol–water partition coefficient (Wildman–Crippen LogP) is 2.62. The van der Waals surface area contributed by atoms with E-state index in [9.17, 15) is 4.79 Å². The lowest BCUT2D eigenvalue weighted by molar-refractivity contribution is 0.250. The van der Waals surface area contributed by atoms with E-state index in [-0.39, 0.29) is 11.4 Å². The summed E-state index contributed by atoms with van der Waals surface area (Å²) < 4.78 is 5.12. The Bertz CT molecular complexity index is 500. The molecule has 1 saturated heterocycles. The maximum Gasteiger partial charge on any atom is 0.346 e. The van der Waals surface area contributed by atoms with Gasteiger partial charge in [0.2, 0.25) is 0 Å². The zero-order chi connectivity index (χ0) is 14.0. The minimum atomic E-state index is -0.194. The maximum absolute atomic E-state index is 11.9. The van der Waals surface area contributed by atoms with Gasteiger partial charge in [-0.3, -0.25) is 5.43 Å². The van der Waals surface area contributed by atoms with Gasteiger partial charge >= 0.3 is 6.03 Å². The van der Waals surface area contributed by atoms with Crippen LogP contribution in [0.4, 0.5) is 10.5 Å². The van der Waals surface area contributed by atoms with Crippen LogP contribution in [0.1, 0.15) is 20.8 Å². The number of methoxy groups -OCH3 is 1. The van der Waals surface area contributed by atoms with Crippen LogP contribution in [0.25, 0.3) is 0 Å².